The Labute approximate surface area is 139 Å². The summed E-state index contributed by atoms with van der Waals surface area (Å²) < 4.78 is 0. The predicted octanol–water partition coefficient (Wildman–Crippen LogP) is 4.23. The molecule has 2 aromatic carbocycles. The Bertz CT molecular complexity index is 650. The number of hydrogen-bond donors (Lipinski definition) is 2. The molecule has 0 saturated carbocycles. The first kappa shape index (κ1) is 17.2. The highest BCUT2D eigenvalue weighted by molar-refractivity contribution is 5.93. The van der Waals surface area contributed by atoms with Gasteiger partial charge in [0.05, 0.1) is 6.54 Å². The van der Waals surface area contributed by atoms with Crippen LogP contribution in [0.15, 0.2) is 48.5 Å². The van der Waals surface area contributed by atoms with Crippen molar-refractivity contribution in [3.63, 3.8) is 0 Å². The van der Waals surface area contributed by atoms with Crippen LogP contribution in [-0.4, -0.2) is 12.5 Å². The molecular weight excluding hydrogens is 284 g/mol. The van der Waals surface area contributed by atoms with Crippen molar-refractivity contribution in [3.8, 4) is 0 Å². The summed E-state index contributed by atoms with van der Waals surface area (Å²) in [6.07, 6.45) is 0. The van der Waals surface area contributed by atoms with Gasteiger partial charge in [0.25, 0.3) is 0 Å². The molecule has 0 aliphatic heterocycles. The summed E-state index contributed by atoms with van der Waals surface area (Å²) in [5.41, 5.74) is 4.39. The van der Waals surface area contributed by atoms with E-state index in [9.17, 15) is 4.79 Å². The Hall–Kier alpha value is -2.13. The summed E-state index contributed by atoms with van der Waals surface area (Å²) in [4.78, 5) is 12.3. The molecule has 0 saturated heterocycles. The summed E-state index contributed by atoms with van der Waals surface area (Å²) in [6.45, 7) is 8.69. The van der Waals surface area contributed by atoms with Crippen LogP contribution >= 0.6 is 0 Å². The van der Waals surface area contributed by atoms with Gasteiger partial charge in [-0.05, 0) is 42.5 Å². The van der Waals surface area contributed by atoms with Crippen molar-refractivity contribution in [1.29, 1.82) is 0 Å². The first-order valence-electron chi connectivity index (χ1n) is 8.13. The molecule has 0 spiro atoms. The zero-order chi connectivity index (χ0) is 16.8. The van der Waals surface area contributed by atoms with Gasteiger partial charge in [-0.3, -0.25) is 4.79 Å². The lowest BCUT2D eigenvalue weighted by atomic mass is 9.96. The van der Waals surface area contributed by atoms with E-state index in [1.807, 2.05) is 50.2 Å². The fourth-order valence-corrected chi connectivity index (χ4v) is 2.68. The summed E-state index contributed by atoms with van der Waals surface area (Å²) in [7, 11) is 0. The number of carbonyl (C=O) groups is 1. The van der Waals surface area contributed by atoms with Crippen molar-refractivity contribution in [2.45, 2.75) is 33.7 Å². The average Bonchev–Trinajstić information content (AvgIpc) is 2.53. The average molecular weight is 310 g/mol. The predicted molar refractivity (Wildman–Crippen MR) is 96.6 cm³/mol. The third kappa shape index (κ3) is 4.67. The molecule has 0 radical (unpaired) electrons. The number of rotatable bonds is 6. The molecule has 2 rings (SSSR count). The highest BCUT2D eigenvalue weighted by Gasteiger charge is 2.16. The van der Waals surface area contributed by atoms with Gasteiger partial charge in [0.2, 0.25) is 5.91 Å². The van der Waals surface area contributed by atoms with Crippen LogP contribution in [0.5, 0.6) is 0 Å². The van der Waals surface area contributed by atoms with Gasteiger partial charge >= 0.3 is 0 Å². The normalized spacial score (nSPS) is 12.2. The van der Waals surface area contributed by atoms with Crippen molar-refractivity contribution >= 4 is 11.6 Å². The highest BCUT2D eigenvalue weighted by atomic mass is 16.1. The van der Waals surface area contributed by atoms with E-state index in [2.05, 4.69) is 36.6 Å². The van der Waals surface area contributed by atoms with Crippen LogP contribution < -0.4 is 10.6 Å². The minimum atomic E-state index is -0.0136. The zero-order valence-electron chi connectivity index (χ0n) is 14.4. The van der Waals surface area contributed by atoms with Gasteiger partial charge in [0, 0.05) is 11.7 Å². The molecule has 1 atom stereocenters. The quantitative estimate of drug-likeness (QED) is 0.838. The zero-order valence-corrected chi connectivity index (χ0v) is 14.4. The fourth-order valence-electron chi connectivity index (χ4n) is 2.68. The summed E-state index contributed by atoms with van der Waals surface area (Å²) in [5.74, 6) is 0.395. The molecule has 0 aromatic heterocycles. The van der Waals surface area contributed by atoms with Crippen LogP contribution in [0.4, 0.5) is 5.69 Å². The first-order valence-corrected chi connectivity index (χ1v) is 8.13. The number of nitrogens with one attached hydrogen (secondary N) is 2. The lowest BCUT2D eigenvalue weighted by Gasteiger charge is -2.23. The number of amides is 1. The molecule has 0 bridgehead atoms. The molecule has 1 amide bonds. The van der Waals surface area contributed by atoms with E-state index in [1.54, 1.807) is 0 Å². The van der Waals surface area contributed by atoms with Crippen molar-refractivity contribution in [1.82, 2.24) is 5.32 Å². The van der Waals surface area contributed by atoms with Crippen molar-refractivity contribution in [2.75, 3.05) is 11.9 Å². The Morgan fingerprint density at radius 3 is 2.35 bits per heavy atom. The molecule has 3 nitrogen and oxygen atoms in total. The molecule has 2 N–H and O–H groups in total. The van der Waals surface area contributed by atoms with Crippen LogP contribution in [0.3, 0.4) is 0 Å². The summed E-state index contributed by atoms with van der Waals surface area (Å²) in [5, 5.41) is 6.37. The lowest BCUT2D eigenvalue weighted by molar-refractivity contribution is -0.115. The molecule has 0 aliphatic carbocycles. The Morgan fingerprint density at radius 1 is 1.00 bits per heavy atom. The number of carbonyl (C=O) groups excluding carboxylic acids is 1. The van der Waals surface area contributed by atoms with Gasteiger partial charge in [-0.25, -0.2) is 0 Å². The van der Waals surface area contributed by atoms with Gasteiger partial charge in [-0.1, -0.05) is 56.3 Å². The standard InChI is InChI=1S/C20H26N2O/c1-14(2)20(17-10-6-5-7-11-17)21-13-19(23)22-18-12-8-9-15(3)16(18)4/h5-12,14,20-21H,13H2,1-4H3,(H,22,23)/t20-/m0/s1. The maximum atomic E-state index is 12.3. The van der Waals surface area contributed by atoms with Crippen LogP contribution in [-0.2, 0) is 4.79 Å². The van der Waals surface area contributed by atoms with E-state index in [0.717, 1.165) is 11.3 Å². The van der Waals surface area contributed by atoms with Crippen molar-refractivity contribution in [3.05, 3.63) is 65.2 Å². The molecule has 0 heterocycles. The SMILES string of the molecule is Cc1cccc(NC(=O)CN[C@H](c2ccccc2)C(C)C)c1C. The Balaban J connectivity index is 1.98. The van der Waals surface area contributed by atoms with Crippen molar-refractivity contribution < 1.29 is 4.79 Å². The molecule has 122 valence electrons. The third-order valence-electron chi connectivity index (χ3n) is 4.19. The highest BCUT2D eigenvalue weighted by Crippen LogP contribution is 2.21. The Kier molecular flexibility index (Phi) is 5.94. The van der Waals surface area contributed by atoms with E-state index < -0.39 is 0 Å². The second kappa shape index (κ2) is 7.93. The number of anilines is 1. The van der Waals surface area contributed by atoms with Gasteiger partial charge in [-0.2, -0.15) is 0 Å². The van der Waals surface area contributed by atoms with Gasteiger partial charge in [0.15, 0.2) is 0 Å². The fraction of sp³-hybridized carbons (Fsp3) is 0.350. The van der Waals surface area contributed by atoms with Crippen LogP contribution in [0.25, 0.3) is 0 Å². The third-order valence-corrected chi connectivity index (χ3v) is 4.19. The monoisotopic (exact) mass is 310 g/mol. The minimum absolute atomic E-state index is 0.0136. The van der Waals surface area contributed by atoms with Crippen LogP contribution in [0, 0.1) is 19.8 Å². The van der Waals surface area contributed by atoms with Crippen LogP contribution in [0.2, 0.25) is 0 Å². The molecule has 23 heavy (non-hydrogen) atoms. The maximum Gasteiger partial charge on any atom is 0.238 e. The van der Waals surface area contributed by atoms with E-state index in [-0.39, 0.29) is 11.9 Å². The van der Waals surface area contributed by atoms with Gasteiger partial charge < -0.3 is 10.6 Å². The van der Waals surface area contributed by atoms with Gasteiger partial charge in [-0.15, -0.1) is 0 Å². The number of benzene rings is 2. The largest absolute Gasteiger partial charge is 0.325 e. The number of hydrogen-bond acceptors (Lipinski definition) is 2. The molecular formula is C20H26N2O. The van der Waals surface area contributed by atoms with E-state index in [4.69, 9.17) is 0 Å². The van der Waals surface area contributed by atoms with E-state index >= 15 is 0 Å². The first-order chi connectivity index (χ1) is 11.0. The lowest BCUT2D eigenvalue weighted by Crippen LogP contribution is -2.33. The number of aryl methyl sites for hydroxylation is 1. The minimum Gasteiger partial charge on any atom is -0.325 e. The molecule has 0 unspecified atom stereocenters. The maximum absolute atomic E-state index is 12.3. The van der Waals surface area contributed by atoms with Crippen molar-refractivity contribution in [2.24, 2.45) is 5.92 Å². The molecule has 3 heteroatoms. The van der Waals surface area contributed by atoms with Crippen LogP contribution in [0.1, 0.15) is 36.6 Å². The second-order valence-electron chi connectivity index (χ2n) is 6.31. The van der Waals surface area contributed by atoms with E-state index in [0.29, 0.717) is 12.5 Å². The molecule has 0 aliphatic rings. The smallest absolute Gasteiger partial charge is 0.238 e. The molecule has 0 fully saturated rings. The summed E-state index contributed by atoms with van der Waals surface area (Å²) in [6, 6.07) is 16.4. The Morgan fingerprint density at radius 2 is 1.70 bits per heavy atom. The summed E-state index contributed by atoms with van der Waals surface area (Å²) >= 11 is 0. The second-order valence-corrected chi connectivity index (χ2v) is 6.31. The van der Waals surface area contributed by atoms with E-state index in [1.165, 1.54) is 11.1 Å². The molecule has 2 aromatic rings. The van der Waals surface area contributed by atoms with Gasteiger partial charge in [0.1, 0.15) is 0 Å². The topological polar surface area (TPSA) is 41.1 Å².